The fourth-order valence-electron chi connectivity index (χ4n) is 1.46. The summed E-state index contributed by atoms with van der Waals surface area (Å²) in [5, 5.41) is 10.3. The molecule has 0 saturated heterocycles. The molecular weight excluding hydrogens is 310 g/mol. The molecule has 5 nitrogen and oxygen atoms in total. The van der Waals surface area contributed by atoms with Gasteiger partial charge in [-0.3, -0.25) is 20.5 Å². The summed E-state index contributed by atoms with van der Waals surface area (Å²) in [6, 6.07) is 9.64. The summed E-state index contributed by atoms with van der Waals surface area (Å²) in [4.78, 5) is 16.7. The average molecular weight is 322 g/mol. The lowest BCUT2D eigenvalue weighted by Gasteiger charge is -2.13. The molecule has 19 heavy (non-hydrogen) atoms. The number of hydroxylamine groups is 1. The molecule has 1 aliphatic heterocycles. The van der Waals surface area contributed by atoms with Gasteiger partial charge in [0.1, 0.15) is 0 Å². The zero-order chi connectivity index (χ0) is 13.7. The monoisotopic (exact) mass is 321 g/mol. The Morgan fingerprint density at radius 3 is 2.84 bits per heavy atom. The van der Waals surface area contributed by atoms with E-state index in [9.17, 15) is 4.79 Å². The zero-order valence-corrected chi connectivity index (χ0v) is 11.5. The zero-order valence-electron chi connectivity index (χ0n) is 9.94. The quantitative estimate of drug-likeness (QED) is 0.451. The number of carbonyl (C=O) groups is 1. The van der Waals surface area contributed by atoms with E-state index in [0.717, 1.165) is 5.56 Å². The first-order valence-corrected chi connectivity index (χ1v) is 6.35. The number of hydrogen-bond acceptors (Lipinski definition) is 4. The van der Waals surface area contributed by atoms with Gasteiger partial charge in [0, 0.05) is 12.4 Å². The van der Waals surface area contributed by atoms with E-state index in [0.29, 0.717) is 11.1 Å². The molecule has 0 saturated carbocycles. The molecule has 0 aromatic heterocycles. The molecule has 2 rings (SSSR count). The summed E-state index contributed by atoms with van der Waals surface area (Å²) in [6.45, 7) is 0.372. The molecule has 0 radical (unpaired) electrons. The molecule has 0 aliphatic carbocycles. The molecule has 0 unspecified atom stereocenters. The molecule has 6 heteroatoms. The first kappa shape index (κ1) is 13.5. The highest BCUT2D eigenvalue weighted by Crippen LogP contribution is 2.16. The van der Waals surface area contributed by atoms with Crippen LogP contribution in [0.3, 0.4) is 0 Å². The topological polar surface area (TPSA) is 74.2 Å². The number of benzene rings is 1. The predicted octanol–water partition coefficient (Wildman–Crippen LogP) is 1.98. The van der Waals surface area contributed by atoms with Crippen LogP contribution in [0, 0.1) is 5.41 Å². The van der Waals surface area contributed by atoms with Crippen LogP contribution >= 0.6 is 15.9 Å². The first-order valence-electron chi connectivity index (χ1n) is 5.55. The van der Waals surface area contributed by atoms with E-state index < -0.39 is 0 Å². The van der Waals surface area contributed by atoms with Gasteiger partial charge in [0.25, 0.3) is 5.91 Å². The molecule has 0 bridgehead atoms. The molecule has 1 amide bonds. The lowest BCUT2D eigenvalue weighted by molar-refractivity contribution is -0.116. The highest BCUT2D eigenvalue weighted by Gasteiger charge is 2.20. The van der Waals surface area contributed by atoms with Crippen LogP contribution in [0.5, 0.6) is 0 Å². The Bertz CT molecular complexity index is 552. The van der Waals surface area contributed by atoms with Crippen molar-refractivity contribution in [3.05, 3.63) is 58.4 Å². The fourth-order valence-corrected chi connectivity index (χ4v) is 1.79. The van der Waals surface area contributed by atoms with Crippen molar-refractivity contribution >= 4 is 27.5 Å². The first-order chi connectivity index (χ1) is 9.18. The predicted molar refractivity (Wildman–Crippen MR) is 75.3 cm³/mol. The van der Waals surface area contributed by atoms with Gasteiger partial charge < -0.3 is 5.32 Å². The summed E-state index contributed by atoms with van der Waals surface area (Å²) in [5.41, 5.74) is 3.91. The van der Waals surface area contributed by atoms with Crippen LogP contribution in [-0.2, 0) is 16.2 Å². The number of carbonyl (C=O) groups excluding carboxylic acids is 1. The Labute approximate surface area is 118 Å². The summed E-state index contributed by atoms with van der Waals surface area (Å²) in [7, 11) is 0. The second kappa shape index (κ2) is 6.31. The summed E-state index contributed by atoms with van der Waals surface area (Å²) < 4.78 is 0.517. The van der Waals surface area contributed by atoms with E-state index >= 15 is 0 Å². The molecule has 0 fully saturated rings. The van der Waals surface area contributed by atoms with Crippen LogP contribution in [0.1, 0.15) is 5.56 Å². The van der Waals surface area contributed by atoms with E-state index in [4.69, 9.17) is 10.2 Å². The minimum absolute atomic E-state index is 0.111. The maximum absolute atomic E-state index is 11.5. The van der Waals surface area contributed by atoms with Gasteiger partial charge in [-0.2, -0.15) is 0 Å². The Balaban J connectivity index is 1.90. The van der Waals surface area contributed by atoms with Crippen LogP contribution in [0.4, 0.5) is 0 Å². The van der Waals surface area contributed by atoms with E-state index in [1.807, 2.05) is 30.3 Å². The Kier molecular flexibility index (Phi) is 4.48. The molecule has 3 N–H and O–H groups in total. The third kappa shape index (κ3) is 3.52. The minimum Gasteiger partial charge on any atom is -0.327 e. The average Bonchev–Trinajstić information content (AvgIpc) is 2.43. The molecule has 1 aliphatic rings. The number of allylic oxidation sites excluding steroid dienone is 1. The van der Waals surface area contributed by atoms with Crippen molar-refractivity contribution in [2.24, 2.45) is 0 Å². The van der Waals surface area contributed by atoms with Crippen molar-refractivity contribution in [2.75, 3.05) is 0 Å². The normalized spacial score (nSPS) is 17.1. The van der Waals surface area contributed by atoms with E-state index in [2.05, 4.69) is 26.7 Å². The maximum atomic E-state index is 11.5. The molecule has 1 aromatic carbocycles. The Hall–Kier alpha value is -1.92. The summed E-state index contributed by atoms with van der Waals surface area (Å²) >= 11 is 3.18. The highest BCUT2D eigenvalue weighted by molar-refractivity contribution is 9.12. The van der Waals surface area contributed by atoms with Gasteiger partial charge in [-0.25, -0.2) is 0 Å². The van der Waals surface area contributed by atoms with Crippen molar-refractivity contribution in [1.82, 2.24) is 10.8 Å². The van der Waals surface area contributed by atoms with Crippen molar-refractivity contribution in [1.29, 1.82) is 5.41 Å². The van der Waals surface area contributed by atoms with Crippen molar-refractivity contribution in [3.8, 4) is 0 Å². The van der Waals surface area contributed by atoms with Crippen molar-refractivity contribution in [2.45, 2.75) is 6.61 Å². The summed E-state index contributed by atoms with van der Waals surface area (Å²) in [5.74, 6) is -0.344. The van der Waals surface area contributed by atoms with Gasteiger partial charge in [-0.15, -0.1) is 0 Å². The van der Waals surface area contributed by atoms with Crippen LogP contribution in [0.2, 0.25) is 0 Å². The van der Waals surface area contributed by atoms with E-state index in [1.54, 1.807) is 0 Å². The molecular formula is C13H12BrN3O2. The van der Waals surface area contributed by atoms with Crippen LogP contribution in [0.15, 0.2) is 52.8 Å². The fraction of sp³-hybridized carbons (Fsp3) is 0.0769. The third-order valence-electron chi connectivity index (χ3n) is 2.45. The second-order valence-electron chi connectivity index (χ2n) is 3.79. The smallest absolute Gasteiger partial charge is 0.259 e. The number of hydrogen-bond donors (Lipinski definition) is 3. The minimum atomic E-state index is -0.344. The molecule has 0 atom stereocenters. The number of nitrogens with one attached hydrogen (secondary N) is 3. The molecule has 98 valence electrons. The maximum Gasteiger partial charge on any atom is 0.259 e. The van der Waals surface area contributed by atoms with Crippen LogP contribution in [0.25, 0.3) is 0 Å². The standard InChI is InChI=1S/C13H12BrN3O2/c14-11-7-16-13(18)10(12(11)15)6-17-19-8-9-4-2-1-3-5-9/h1-7,15,17H,8H2,(H,16,18)/b10-6+,15-12?. The molecule has 1 heterocycles. The van der Waals surface area contributed by atoms with E-state index in [-0.39, 0.29) is 17.2 Å². The second-order valence-corrected chi connectivity index (χ2v) is 4.65. The molecule has 1 aromatic rings. The SMILES string of the molecule is N=C1C(Br)=CNC(=O)/C1=C/NOCc1ccccc1. The van der Waals surface area contributed by atoms with Crippen LogP contribution < -0.4 is 10.8 Å². The van der Waals surface area contributed by atoms with Gasteiger partial charge in [0.2, 0.25) is 0 Å². The van der Waals surface area contributed by atoms with Gasteiger partial charge in [-0.1, -0.05) is 30.3 Å². The lowest BCUT2D eigenvalue weighted by Crippen LogP contribution is -2.30. The highest BCUT2D eigenvalue weighted by atomic mass is 79.9. The van der Waals surface area contributed by atoms with Crippen molar-refractivity contribution < 1.29 is 9.63 Å². The lowest BCUT2D eigenvalue weighted by atomic mass is 10.1. The third-order valence-corrected chi connectivity index (χ3v) is 3.08. The van der Waals surface area contributed by atoms with E-state index in [1.165, 1.54) is 12.4 Å². The Morgan fingerprint density at radius 1 is 1.37 bits per heavy atom. The Morgan fingerprint density at radius 2 is 2.11 bits per heavy atom. The number of rotatable bonds is 4. The molecule has 0 spiro atoms. The van der Waals surface area contributed by atoms with Gasteiger partial charge >= 0.3 is 0 Å². The van der Waals surface area contributed by atoms with Crippen molar-refractivity contribution in [3.63, 3.8) is 0 Å². The van der Waals surface area contributed by atoms with Gasteiger partial charge in [0.15, 0.2) is 0 Å². The summed E-state index contributed by atoms with van der Waals surface area (Å²) in [6.07, 6.45) is 2.81. The largest absolute Gasteiger partial charge is 0.327 e. The van der Waals surface area contributed by atoms with Gasteiger partial charge in [0.05, 0.1) is 22.4 Å². The number of amides is 1. The van der Waals surface area contributed by atoms with Gasteiger partial charge in [-0.05, 0) is 21.5 Å². The number of halogens is 1. The van der Waals surface area contributed by atoms with Crippen LogP contribution in [-0.4, -0.2) is 11.6 Å².